The van der Waals surface area contributed by atoms with Gasteiger partial charge in [0.2, 0.25) is 0 Å². The number of hydrogen-bond donors (Lipinski definition) is 1. The summed E-state index contributed by atoms with van der Waals surface area (Å²) in [5.74, 6) is 0.646. The molecule has 0 aromatic heterocycles. The predicted molar refractivity (Wildman–Crippen MR) is 92.7 cm³/mol. The number of likely N-dealkylation sites (N-methyl/N-ethyl adjacent to an activating group) is 1. The van der Waals surface area contributed by atoms with Crippen LogP contribution in [-0.4, -0.2) is 50.1 Å². The van der Waals surface area contributed by atoms with Crippen LogP contribution in [0.3, 0.4) is 0 Å². The first-order chi connectivity index (χ1) is 9.85. The molecule has 0 aliphatic rings. The van der Waals surface area contributed by atoms with Crippen molar-refractivity contribution in [1.82, 2.24) is 9.80 Å². The van der Waals surface area contributed by atoms with Gasteiger partial charge in [-0.15, -0.1) is 0 Å². The van der Waals surface area contributed by atoms with Gasteiger partial charge in [-0.1, -0.05) is 32.0 Å². The molecular formula is C18H33N3. The minimum atomic E-state index is 0.312. The molecule has 1 aromatic carbocycles. The Balaban J connectivity index is 2.95. The third-order valence-corrected chi connectivity index (χ3v) is 4.01. The van der Waals surface area contributed by atoms with Crippen molar-refractivity contribution in [2.45, 2.75) is 33.7 Å². The highest BCUT2D eigenvalue weighted by atomic mass is 15.2. The van der Waals surface area contributed by atoms with Gasteiger partial charge in [-0.25, -0.2) is 0 Å². The zero-order chi connectivity index (χ0) is 16.0. The molecule has 21 heavy (non-hydrogen) atoms. The van der Waals surface area contributed by atoms with Gasteiger partial charge in [0.1, 0.15) is 0 Å². The highest BCUT2D eigenvalue weighted by Crippen LogP contribution is 2.23. The molecule has 1 aromatic rings. The first kappa shape index (κ1) is 18.1. The maximum atomic E-state index is 6.12. The summed E-state index contributed by atoms with van der Waals surface area (Å²) in [7, 11) is 4.25. The molecular weight excluding hydrogens is 258 g/mol. The van der Waals surface area contributed by atoms with E-state index in [-0.39, 0.29) is 0 Å². The normalized spacial score (nSPS) is 13.4. The fraction of sp³-hybridized carbons (Fsp3) is 0.667. The first-order valence-electron chi connectivity index (χ1n) is 8.01. The quantitative estimate of drug-likeness (QED) is 0.799. The molecule has 0 fully saturated rings. The summed E-state index contributed by atoms with van der Waals surface area (Å²) in [4.78, 5) is 4.77. The Bertz CT molecular complexity index is 426. The van der Waals surface area contributed by atoms with Crippen LogP contribution in [0.15, 0.2) is 18.2 Å². The van der Waals surface area contributed by atoms with Crippen molar-refractivity contribution >= 4 is 0 Å². The smallest absolute Gasteiger partial charge is 0.0471 e. The van der Waals surface area contributed by atoms with Crippen LogP contribution in [-0.2, 0) is 0 Å². The highest BCUT2D eigenvalue weighted by Gasteiger charge is 2.20. The van der Waals surface area contributed by atoms with Crippen LogP contribution in [0.1, 0.15) is 36.6 Å². The molecule has 0 aliphatic heterocycles. The summed E-state index contributed by atoms with van der Waals surface area (Å²) in [6.45, 7) is 12.8. The molecule has 3 nitrogen and oxygen atoms in total. The number of nitrogens with two attached hydrogens (primary N) is 1. The van der Waals surface area contributed by atoms with Crippen molar-refractivity contribution in [3.63, 3.8) is 0 Å². The summed E-state index contributed by atoms with van der Waals surface area (Å²) in [5.41, 5.74) is 10.2. The van der Waals surface area contributed by atoms with Gasteiger partial charge in [-0.3, -0.25) is 4.90 Å². The van der Waals surface area contributed by atoms with Crippen LogP contribution in [0.5, 0.6) is 0 Å². The lowest BCUT2D eigenvalue weighted by Gasteiger charge is -2.33. The van der Waals surface area contributed by atoms with Crippen molar-refractivity contribution in [2.24, 2.45) is 11.7 Å². The monoisotopic (exact) mass is 291 g/mol. The van der Waals surface area contributed by atoms with E-state index in [1.165, 1.54) is 16.7 Å². The summed E-state index contributed by atoms with van der Waals surface area (Å²) < 4.78 is 0. The Morgan fingerprint density at radius 1 is 1.05 bits per heavy atom. The topological polar surface area (TPSA) is 32.5 Å². The number of benzene rings is 1. The second kappa shape index (κ2) is 8.52. The van der Waals surface area contributed by atoms with Crippen molar-refractivity contribution < 1.29 is 0 Å². The average Bonchev–Trinajstić information content (AvgIpc) is 2.40. The van der Waals surface area contributed by atoms with E-state index >= 15 is 0 Å². The van der Waals surface area contributed by atoms with Gasteiger partial charge in [-0.05, 0) is 50.6 Å². The molecule has 1 rings (SSSR count). The van der Waals surface area contributed by atoms with Crippen molar-refractivity contribution in [1.29, 1.82) is 0 Å². The van der Waals surface area contributed by atoms with Crippen LogP contribution in [0.2, 0.25) is 0 Å². The standard InChI is InChI=1S/C18H33N3/c1-14(2)13-21(10-9-20(5)6)18(12-19)17-8-7-15(3)16(4)11-17/h7-8,11,14,18H,9-10,12-13,19H2,1-6H3. The van der Waals surface area contributed by atoms with Gasteiger partial charge in [-0.2, -0.15) is 0 Å². The number of rotatable bonds is 8. The summed E-state index contributed by atoms with van der Waals surface area (Å²) in [5, 5.41) is 0. The van der Waals surface area contributed by atoms with Crippen molar-refractivity contribution in [2.75, 3.05) is 40.3 Å². The van der Waals surface area contributed by atoms with E-state index in [1.54, 1.807) is 0 Å². The molecule has 0 saturated heterocycles. The average molecular weight is 291 g/mol. The lowest BCUT2D eigenvalue weighted by molar-refractivity contribution is 0.163. The van der Waals surface area contributed by atoms with Gasteiger partial charge >= 0.3 is 0 Å². The van der Waals surface area contributed by atoms with Crippen LogP contribution >= 0.6 is 0 Å². The third-order valence-electron chi connectivity index (χ3n) is 4.01. The zero-order valence-electron chi connectivity index (χ0n) is 14.7. The second-order valence-electron chi connectivity index (χ2n) is 6.79. The lowest BCUT2D eigenvalue weighted by Crippen LogP contribution is -2.40. The summed E-state index contributed by atoms with van der Waals surface area (Å²) in [6, 6.07) is 7.07. The molecule has 0 spiro atoms. The Hall–Kier alpha value is -0.900. The molecule has 0 aliphatic carbocycles. The third kappa shape index (κ3) is 5.77. The van der Waals surface area contributed by atoms with Crippen molar-refractivity contribution in [3.8, 4) is 0 Å². The Kier molecular flexibility index (Phi) is 7.36. The van der Waals surface area contributed by atoms with Gasteiger partial charge in [0.05, 0.1) is 0 Å². The Labute approximate surface area is 131 Å². The van der Waals surface area contributed by atoms with E-state index in [9.17, 15) is 0 Å². The SMILES string of the molecule is Cc1ccc(C(CN)N(CCN(C)C)CC(C)C)cc1C. The molecule has 0 heterocycles. The van der Waals surface area contributed by atoms with Crippen LogP contribution in [0, 0.1) is 19.8 Å². The molecule has 2 N–H and O–H groups in total. The minimum absolute atomic E-state index is 0.312. The summed E-state index contributed by atoms with van der Waals surface area (Å²) >= 11 is 0. The molecule has 0 bridgehead atoms. The first-order valence-corrected chi connectivity index (χ1v) is 8.01. The van der Waals surface area contributed by atoms with E-state index in [2.05, 4.69) is 69.8 Å². The fourth-order valence-corrected chi connectivity index (χ4v) is 2.64. The van der Waals surface area contributed by atoms with Gasteiger partial charge in [0, 0.05) is 32.2 Å². The van der Waals surface area contributed by atoms with Crippen molar-refractivity contribution in [3.05, 3.63) is 34.9 Å². The Morgan fingerprint density at radius 3 is 2.19 bits per heavy atom. The van der Waals surface area contributed by atoms with Crippen LogP contribution < -0.4 is 5.73 Å². The number of hydrogen-bond acceptors (Lipinski definition) is 3. The predicted octanol–water partition coefficient (Wildman–Crippen LogP) is 2.82. The number of nitrogens with zero attached hydrogens (tertiary/aromatic N) is 2. The van der Waals surface area contributed by atoms with Gasteiger partial charge in [0.15, 0.2) is 0 Å². The maximum absolute atomic E-state index is 6.12. The molecule has 0 amide bonds. The zero-order valence-corrected chi connectivity index (χ0v) is 14.7. The van der Waals surface area contributed by atoms with E-state index in [4.69, 9.17) is 5.73 Å². The molecule has 120 valence electrons. The molecule has 0 radical (unpaired) electrons. The molecule has 3 heteroatoms. The fourth-order valence-electron chi connectivity index (χ4n) is 2.64. The lowest BCUT2D eigenvalue weighted by atomic mass is 9.99. The molecule has 1 atom stereocenters. The highest BCUT2D eigenvalue weighted by molar-refractivity contribution is 5.32. The molecule has 1 unspecified atom stereocenters. The second-order valence-corrected chi connectivity index (χ2v) is 6.79. The van der Waals surface area contributed by atoms with Crippen LogP contribution in [0.4, 0.5) is 0 Å². The van der Waals surface area contributed by atoms with Crippen LogP contribution in [0.25, 0.3) is 0 Å². The minimum Gasteiger partial charge on any atom is -0.329 e. The van der Waals surface area contributed by atoms with Gasteiger partial charge < -0.3 is 10.6 Å². The van der Waals surface area contributed by atoms with E-state index < -0.39 is 0 Å². The van der Waals surface area contributed by atoms with E-state index in [0.717, 1.165) is 19.6 Å². The molecule has 0 saturated carbocycles. The van der Waals surface area contributed by atoms with Gasteiger partial charge in [0.25, 0.3) is 0 Å². The maximum Gasteiger partial charge on any atom is 0.0471 e. The Morgan fingerprint density at radius 2 is 1.71 bits per heavy atom. The number of aryl methyl sites for hydroxylation is 2. The van der Waals surface area contributed by atoms with E-state index in [0.29, 0.717) is 18.5 Å². The largest absolute Gasteiger partial charge is 0.329 e. The van der Waals surface area contributed by atoms with E-state index in [1.807, 2.05) is 0 Å². The summed E-state index contributed by atoms with van der Waals surface area (Å²) in [6.07, 6.45) is 0.